The van der Waals surface area contributed by atoms with Gasteiger partial charge in [0.15, 0.2) is 0 Å². The Morgan fingerprint density at radius 1 is 1.23 bits per heavy atom. The summed E-state index contributed by atoms with van der Waals surface area (Å²) in [7, 11) is -0.522. The van der Waals surface area contributed by atoms with Crippen LogP contribution in [0.4, 0.5) is 0 Å². The van der Waals surface area contributed by atoms with Gasteiger partial charge in [-0.05, 0) is 46.2 Å². The molecule has 1 saturated heterocycles. The molecule has 0 aliphatic carbocycles. The third kappa shape index (κ3) is 3.48. The van der Waals surface area contributed by atoms with Gasteiger partial charge < -0.3 is 14.6 Å². The van der Waals surface area contributed by atoms with Crippen LogP contribution < -0.4 is 10.8 Å². The van der Waals surface area contributed by atoms with Gasteiger partial charge in [-0.3, -0.25) is 4.79 Å². The highest BCUT2D eigenvalue weighted by atomic mass is 35.5. The SMILES string of the molecule is CCNC(=O)Cc1ccc(Cl)c(B2OC(C)(C)C(C)(C)O2)c1. The van der Waals surface area contributed by atoms with Crippen LogP contribution in [-0.2, 0) is 20.5 Å². The molecule has 1 aromatic carbocycles. The number of halogens is 1. The first-order valence-corrected chi connectivity index (χ1v) is 7.95. The minimum Gasteiger partial charge on any atom is -0.399 e. The van der Waals surface area contributed by atoms with Crippen LogP contribution in [0.2, 0.25) is 5.02 Å². The Hall–Kier alpha value is -1.04. The minimum atomic E-state index is -0.522. The van der Waals surface area contributed by atoms with Gasteiger partial charge in [0.05, 0.1) is 17.6 Å². The first kappa shape index (κ1) is 17.3. The number of hydrogen-bond acceptors (Lipinski definition) is 3. The lowest BCUT2D eigenvalue weighted by atomic mass is 9.78. The number of hydrogen-bond donors (Lipinski definition) is 1. The Bertz CT molecular complexity index is 559. The molecule has 22 heavy (non-hydrogen) atoms. The molecule has 0 atom stereocenters. The highest BCUT2D eigenvalue weighted by molar-refractivity contribution is 6.65. The number of carbonyl (C=O) groups excluding carboxylic acids is 1. The number of nitrogens with one attached hydrogen (secondary N) is 1. The van der Waals surface area contributed by atoms with Gasteiger partial charge in [-0.15, -0.1) is 0 Å². The molecule has 0 spiro atoms. The normalized spacial score (nSPS) is 19.3. The zero-order valence-electron chi connectivity index (χ0n) is 13.8. The van der Waals surface area contributed by atoms with Gasteiger partial charge >= 0.3 is 7.12 Å². The first-order chi connectivity index (χ1) is 10.2. The Labute approximate surface area is 137 Å². The summed E-state index contributed by atoms with van der Waals surface area (Å²) in [4.78, 5) is 11.7. The molecular formula is C16H23BClNO3. The van der Waals surface area contributed by atoms with E-state index in [-0.39, 0.29) is 5.91 Å². The molecule has 120 valence electrons. The topological polar surface area (TPSA) is 47.6 Å². The molecule has 0 unspecified atom stereocenters. The Kier molecular flexibility index (Phi) is 4.90. The zero-order valence-corrected chi connectivity index (χ0v) is 14.6. The highest BCUT2D eigenvalue weighted by Crippen LogP contribution is 2.37. The maximum atomic E-state index is 11.7. The second kappa shape index (κ2) is 6.22. The average molecular weight is 324 g/mol. The van der Waals surface area contributed by atoms with Crippen molar-refractivity contribution in [2.24, 2.45) is 0 Å². The minimum absolute atomic E-state index is 0.00955. The van der Waals surface area contributed by atoms with Crippen molar-refractivity contribution in [3.05, 3.63) is 28.8 Å². The molecule has 0 saturated carbocycles. The zero-order chi connectivity index (χ0) is 16.5. The summed E-state index contributed by atoms with van der Waals surface area (Å²) in [5, 5.41) is 3.37. The Balaban J connectivity index is 2.23. The number of benzene rings is 1. The van der Waals surface area contributed by atoms with Gasteiger partial charge in [0.1, 0.15) is 0 Å². The molecule has 2 rings (SSSR count). The van der Waals surface area contributed by atoms with Crippen LogP contribution in [-0.4, -0.2) is 30.8 Å². The summed E-state index contributed by atoms with van der Waals surface area (Å²) >= 11 is 6.30. The molecule has 1 aliphatic heterocycles. The molecule has 6 heteroatoms. The predicted octanol–water partition coefficient (Wildman–Crippen LogP) is 2.32. The third-order valence-corrected chi connectivity index (χ3v) is 4.65. The van der Waals surface area contributed by atoms with Crippen LogP contribution >= 0.6 is 11.6 Å². The van der Waals surface area contributed by atoms with E-state index in [1.54, 1.807) is 6.07 Å². The summed E-state index contributed by atoms with van der Waals surface area (Å²) < 4.78 is 12.1. The fraction of sp³-hybridized carbons (Fsp3) is 0.562. The molecule has 1 aliphatic rings. The van der Waals surface area contributed by atoms with Gasteiger partial charge in [-0.2, -0.15) is 0 Å². The molecule has 0 radical (unpaired) electrons. The van der Waals surface area contributed by atoms with Crippen LogP contribution in [0, 0.1) is 0 Å². The Morgan fingerprint density at radius 3 is 2.36 bits per heavy atom. The van der Waals surface area contributed by atoms with E-state index in [4.69, 9.17) is 20.9 Å². The molecule has 0 bridgehead atoms. The van der Waals surface area contributed by atoms with E-state index >= 15 is 0 Å². The van der Waals surface area contributed by atoms with Crippen LogP contribution in [0.1, 0.15) is 40.2 Å². The van der Waals surface area contributed by atoms with Crippen molar-refractivity contribution < 1.29 is 14.1 Å². The van der Waals surface area contributed by atoms with Crippen molar-refractivity contribution >= 4 is 30.1 Å². The smallest absolute Gasteiger partial charge is 0.399 e. The standard InChI is InChI=1S/C16H23BClNO3/c1-6-19-14(20)10-11-7-8-13(18)12(9-11)17-21-15(2,3)16(4,5)22-17/h7-9H,6,10H2,1-5H3,(H,19,20). The molecular weight excluding hydrogens is 300 g/mol. The quantitative estimate of drug-likeness (QED) is 0.865. The van der Waals surface area contributed by atoms with E-state index in [0.29, 0.717) is 18.0 Å². The summed E-state index contributed by atoms with van der Waals surface area (Å²) in [5.74, 6) is -0.00955. The lowest BCUT2D eigenvalue weighted by molar-refractivity contribution is -0.120. The number of likely N-dealkylation sites (N-methyl/N-ethyl adjacent to an activating group) is 1. The van der Waals surface area contributed by atoms with Crippen LogP contribution in [0.3, 0.4) is 0 Å². The van der Waals surface area contributed by atoms with Crippen LogP contribution in [0.25, 0.3) is 0 Å². The fourth-order valence-electron chi connectivity index (χ4n) is 2.30. The average Bonchev–Trinajstić information content (AvgIpc) is 2.61. The monoisotopic (exact) mass is 323 g/mol. The van der Waals surface area contributed by atoms with E-state index in [1.807, 2.05) is 46.8 Å². The predicted molar refractivity (Wildman–Crippen MR) is 89.6 cm³/mol. The summed E-state index contributed by atoms with van der Waals surface area (Å²) in [6, 6.07) is 5.53. The molecule has 1 fully saturated rings. The van der Waals surface area contributed by atoms with Crippen molar-refractivity contribution in [2.45, 2.75) is 52.2 Å². The highest BCUT2D eigenvalue weighted by Gasteiger charge is 2.52. The number of amides is 1. The lowest BCUT2D eigenvalue weighted by Gasteiger charge is -2.32. The third-order valence-electron chi connectivity index (χ3n) is 4.31. The molecule has 1 heterocycles. The van der Waals surface area contributed by atoms with Gasteiger partial charge in [0.25, 0.3) is 0 Å². The van der Waals surface area contributed by atoms with Crippen LogP contribution in [0.5, 0.6) is 0 Å². The summed E-state index contributed by atoms with van der Waals surface area (Å²) in [5.41, 5.74) is 0.815. The van der Waals surface area contributed by atoms with E-state index in [1.165, 1.54) is 0 Å². The first-order valence-electron chi connectivity index (χ1n) is 7.57. The van der Waals surface area contributed by atoms with Crippen molar-refractivity contribution in [1.29, 1.82) is 0 Å². The van der Waals surface area contributed by atoms with E-state index < -0.39 is 18.3 Å². The second-order valence-corrected chi connectivity index (χ2v) is 6.98. The lowest BCUT2D eigenvalue weighted by Crippen LogP contribution is -2.41. The maximum absolute atomic E-state index is 11.7. The molecule has 1 amide bonds. The summed E-state index contributed by atoms with van der Waals surface area (Å²) in [6.07, 6.45) is 0.317. The maximum Gasteiger partial charge on any atom is 0.496 e. The van der Waals surface area contributed by atoms with Gasteiger partial charge in [0.2, 0.25) is 5.91 Å². The largest absolute Gasteiger partial charge is 0.496 e. The molecule has 1 aromatic rings. The summed E-state index contributed by atoms with van der Waals surface area (Å²) in [6.45, 7) is 10.5. The van der Waals surface area contributed by atoms with E-state index in [0.717, 1.165) is 11.0 Å². The molecule has 1 N–H and O–H groups in total. The van der Waals surface area contributed by atoms with Crippen molar-refractivity contribution in [1.82, 2.24) is 5.32 Å². The number of rotatable bonds is 4. The van der Waals surface area contributed by atoms with Gasteiger partial charge in [0, 0.05) is 17.0 Å². The molecule has 0 aromatic heterocycles. The van der Waals surface area contributed by atoms with E-state index in [2.05, 4.69) is 5.32 Å². The number of carbonyl (C=O) groups is 1. The Morgan fingerprint density at radius 2 is 1.82 bits per heavy atom. The van der Waals surface area contributed by atoms with Crippen molar-refractivity contribution in [3.63, 3.8) is 0 Å². The van der Waals surface area contributed by atoms with E-state index in [9.17, 15) is 4.79 Å². The van der Waals surface area contributed by atoms with Gasteiger partial charge in [-0.1, -0.05) is 23.7 Å². The van der Waals surface area contributed by atoms with Crippen LogP contribution in [0.15, 0.2) is 18.2 Å². The fourth-order valence-corrected chi connectivity index (χ4v) is 2.51. The van der Waals surface area contributed by atoms with Crippen molar-refractivity contribution in [3.8, 4) is 0 Å². The second-order valence-electron chi connectivity index (χ2n) is 6.57. The van der Waals surface area contributed by atoms with Gasteiger partial charge in [-0.25, -0.2) is 0 Å². The molecule has 4 nitrogen and oxygen atoms in total. The van der Waals surface area contributed by atoms with Crippen molar-refractivity contribution in [2.75, 3.05) is 6.54 Å².